The van der Waals surface area contributed by atoms with Gasteiger partial charge in [-0.15, -0.1) is 22.2 Å². The molecule has 0 rings (SSSR count). The zero-order valence-corrected chi connectivity index (χ0v) is 14.2. The van der Waals surface area contributed by atoms with Crippen LogP contribution in [-0.2, 0) is 0 Å². The van der Waals surface area contributed by atoms with Crippen molar-refractivity contribution < 1.29 is 8.22 Å². The molecule has 0 radical (unpaired) electrons. The molecule has 0 heterocycles. The highest BCUT2D eigenvalue weighted by Crippen LogP contribution is 2.21. The Morgan fingerprint density at radius 1 is 0.947 bits per heavy atom. The topological polar surface area (TPSA) is 47.6 Å². The summed E-state index contributed by atoms with van der Waals surface area (Å²) in [5, 5.41) is 16.1. The highest BCUT2D eigenvalue weighted by atomic mass is 35.7. The number of hydrogen-bond donors (Lipinski definition) is 0. The molecule has 0 atom stereocenters. The second-order valence-corrected chi connectivity index (χ2v) is 15.0. The Labute approximate surface area is 127 Å². The van der Waals surface area contributed by atoms with Gasteiger partial charge in [0.05, 0.1) is 12.1 Å². The van der Waals surface area contributed by atoms with Crippen molar-refractivity contribution in [3.05, 3.63) is 0 Å². The Kier molecular flexibility index (Phi) is 16.2. The molecule has 0 spiro atoms. The maximum Gasteiger partial charge on any atom is 0.422 e. The van der Waals surface area contributed by atoms with Crippen LogP contribution in [0, 0.1) is 22.7 Å². The quantitative estimate of drug-likeness (QED) is 0.347. The highest BCUT2D eigenvalue weighted by molar-refractivity contribution is 7.44. The Hall–Kier alpha value is -0.146. The van der Waals surface area contributed by atoms with Crippen molar-refractivity contribution in [2.24, 2.45) is 0 Å². The summed E-state index contributed by atoms with van der Waals surface area (Å²) in [6.07, 6.45) is 2.02. The van der Waals surface area contributed by atoms with E-state index in [2.05, 4.69) is 0 Å². The molecule has 0 aliphatic rings. The van der Waals surface area contributed by atoms with E-state index >= 15 is 0 Å². The smallest absolute Gasteiger partial charge is 0.271 e. The third kappa shape index (κ3) is 31.9. The standard InChI is InChI=1S/C5H9Cl2NSi.C5H9F2NSi.CH4/c2*1-9(6,7)5-3-2-4-8;/h2*2-3,5H2,1H3;1H4. The van der Waals surface area contributed by atoms with Crippen LogP contribution in [0.15, 0.2) is 0 Å². The molecule has 0 aliphatic carbocycles. The summed E-state index contributed by atoms with van der Waals surface area (Å²) < 4.78 is 24.2. The van der Waals surface area contributed by atoms with E-state index in [1.54, 1.807) is 0 Å². The Balaban J connectivity index is -0.000000256. The first-order valence-electron chi connectivity index (χ1n) is 5.62. The normalized spacial score (nSPS) is 10.3. The number of nitrogens with zero attached hydrogens (tertiary/aromatic N) is 2. The zero-order chi connectivity index (χ0) is 14.7. The highest BCUT2D eigenvalue weighted by Gasteiger charge is 2.26. The van der Waals surface area contributed by atoms with E-state index < -0.39 is 15.4 Å². The van der Waals surface area contributed by atoms with Crippen molar-refractivity contribution in [3.8, 4) is 12.1 Å². The first-order chi connectivity index (χ1) is 8.12. The molecule has 0 aromatic carbocycles. The van der Waals surface area contributed by atoms with Gasteiger partial charge >= 0.3 is 8.74 Å². The van der Waals surface area contributed by atoms with Gasteiger partial charge in [0.25, 0.3) is 0 Å². The summed E-state index contributed by atoms with van der Waals surface area (Å²) in [5.41, 5.74) is 0. The van der Waals surface area contributed by atoms with Crippen LogP contribution in [0.3, 0.4) is 0 Å². The molecule has 2 nitrogen and oxygen atoms in total. The van der Waals surface area contributed by atoms with E-state index in [9.17, 15) is 8.22 Å². The minimum Gasteiger partial charge on any atom is -0.271 e. The first-order valence-corrected chi connectivity index (χ1v) is 12.8. The van der Waals surface area contributed by atoms with E-state index in [-0.39, 0.29) is 19.9 Å². The van der Waals surface area contributed by atoms with Crippen LogP contribution in [0.5, 0.6) is 0 Å². The monoisotopic (exact) mass is 346 g/mol. The van der Waals surface area contributed by atoms with E-state index in [0.29, 0.717) is 12.8 Å². The SMILES string of the molecule is C.C[Si](Cl)(Cl)CCCC#N.C[Si](F)(F)CCCC#N. The van der Waals surface area contributed by atoms with Crippen molar-refractivity contribution >= 4 is 37.6 Å². The predicted molar refractivity (Wildman–Crippen MR) is 83.2 cm³/mol. The van der Waals surface area contributed by atoms with Crippen LogP contribution in [-0.4, -0.2) is 15.4 Å². The number of hydrogen-bond acceptors (Lipinski definition) is 2. The van der Waals surface area contributed by atoms with Crippen LogP contribution in [0.25, 0.3) is 0 Å². The van der Waals surface area contributed by atoms with Crippen LogP contribution in [0.2, 0.25) is 25.2 Å². The average Bonchev–Trinajstić information content (AvgIpc) is 2.16. The molecule has 0 amide bonds. The van der Waals surface area contributed by atoms with Gasteiger partial charge in [-0.05, 0) is 38.0 Å². The molecule has 0 bridgehead atoms. The van der Waals surface area contributed by atoms with Crippen LogP contribution < -0.4 is 0 Å². The Morgan fingerprint density at radius 3 is 1.58 bits per heavy atom. The van der Waals surface area contributed by atoms with Gasteiger partial charge < -0.3 is 0 Å². The fourth-order valence-corrected chi connectivity index (χ4v) is 3.35. The van der Waals surface area contributed by atoms with Crippen molar-refractivity contribution in [1.29, 1.82) is 10.5 Å². The van der Waals surface area contributed by atoms with E-state index in [1.807, 2.05) is 18.7 Å². The van der Waals surface area contributed by atoms with Crippen molar-refractivity contribution in [3.63, 3.8) is 0 Å². The zero-order valence-electron chi connectivity index (χ0n) is 10.6. The van der Waals surface area contributed by atoms with Crippen molar-refractivity contribution in [2.75, 3.05) is 0 Å². The lowest BCUT2D eigenvalue weighted by Crippen LogP contribution is -2.14. The fourth-order valence-electron chi connectivity index (χ4n) is 0.956. The minimum absolute atomic E-state index is 0. The van der Waals surface area contributed by atoms with Gasteiger partial charge in [-0.1, -0.05) is 7.43 Å². The molecule has 0 fully saturated rings. The first kappa shape index (κ1) is 23.9. The summed E-state index contributed by atoms with van der Waals surface area (Å²) in [6, 6.07) is 4.66. The Morgan fingerprint density at radius 2 is 1.32 bits per heavy atom. The second-order valence-electron chi connectivity index (χ2n) is 4.16. The summed E-state index contributed by atoms with van der Waals surface area (Å²) in [4.78, 5) is 0. The van der Waals surface area contributed by atoms with Crippen molar-refractivity contribution in [1.82, 2.24) is 0 Å². The largest absolute Gasteiger partial charge is 0.422 e. The lowest BCUT2D eigenvalue weighted by Gasteiger charge is -2.06. The van der Waals surface area contributed by atoms with Gasteiger partial charge in [0.1, 0.15) is 0 Å². The molecule has 0 aliphatic heterocycles. The number of halogens is 4. The van der Waals surface area contributed by atoms with Crippen LogP contribution in [0.4, 0.5) is 8.22 Å². The summed E-state index contributed by atoms with van der Waals surface area (Å²) in [7, 11) is -3.85. The van der Waals surface area contributed by atoms with Crippen LogP contribution >= 0.6 is 22.2 Å². The van der Waals surface area contributed by atoms with Gasteiger partial charge in [0.2, 0.25) is 6.69 Å². The maximum atomic E-state index is 12.1. The van der Waals surface area contributed by atoms with Crippen molar-refractivity contribution in [2.45, 2.75) is 58.3 Å². The van der Waals surface area contributed by atoms with Gasteiger partial charge in [-0.2, -0.15) is 10.5 Å². The molecule has 0 unspecified atom stereocenters. The number of nitriles is 2. The van der Waals surface area contributed by atoms with Gasteiger partial charge in [-0.25, -0.2) is 0 Å². The summed E-state index contributed by atoms with van der Waals surface area (Å²) >= 11 is 11.5. The fraction of sp³-hybridized carbons (Fsp3) is 0.818. The summed E-state index contributed by atoms with van der Waals surface area (Å²) in [6.45, 7) is 0.972. The Bertz CT molecular complexity index is 261. The molecule has 0 saturated carbocycles. The van der Waals surface area contributed by atoms with Gasteiger partial charge in [0.15, 0.2) is 0 Å². The molecule has 19 heavy (non-hydrogen) atoms. The molecular formula is C11H22Cl2F2N2Si2. The van der Waals surface area contributed by atoms with E-state index in [0.717, 1.165) is 19.0 Å². The molecular weight excluding hydrogens is 325 g/mol. The molecule has 0 aromatic rings. The lowest BCUT2D eigenvalue weighted by atomic mass is 10.4. The molecule has 0 aromatic heterocycles. The predicted octanol–water partition coefficient (Wildman–Crippen LogP) is 5.78. The minimum atomic E-state index is -3.85. The second kappa shape index (κ2) is 12.9. The number of unbranched alkanes of at least 4 members (excludes halogenated alkanes) is 2. The van der Waals surface area contributed by atoms with Gasteiger partial charge in [-0.3, -0.25) is 8.22 Å². The molecule has 8 heteroatoms. The molecule has 0 saturated heterocycles. The lowest BCUT2D eigenvalue weighted by molar-refractivity contribution is 0.599. The van der Waals surface area contributed by atoms with E-state index in [1.165, 1.54) is 0 Å². The van der Waals surface area contributed by atoms with E-state index in [4.69, 9.17) is 32.7 Å². The van der Waals surface area contributed by atoms with Gasteiger partial charge in [0, 0.05) is 12.8 Å². The maximum absolute atomic E-state index is 12.1. The molecule has 112 valence electrons. The summed E-state index contributed by atoms with van der Waals surface area (Å²) in [5.74, 6) is 0. The third-order valence-electron chi connectivity index (χ3n) is 1.81. The third-order valence-corrected chi connectivity index (χ3v) is 5.41. The van der Waals surface area contributed by atoms with Crippen LogP contribution in [0.1, 0.15) is 33.1 Å². The molecule has 0 N–H and O–H groups in total. The number of rotatable bonds is 6. The average molecular weight is 347 g/mol.